The Morgan fingerprint density at radius 2 is 1.96 bits per heavy atom. The molecule has 2 fully saturated rings. The zero-order chi connectivity index (χ0) is 16.4. The molecule has 0 spiro atoms. The van der Waals surface area contributed by atoms with Crippen LogP contribution in [0, 0.1) is 18.8 Å². The lowest BCUT2D eigenvalue weighted by Crippen LogP contribution is -2.40. The van der Waals surface area contributed by atoms with E-state index in [9.17, 15) is 9.59 Å². The number of aryl methyl sites for hydroxylation is 1. The Kier molecular flexibility index (Phi) is 4.66. The third kappa shape index (κ3) is 3.39. The Hall–Kier alpha value is -1.88. The number of carbonyl (C=O) groups is 2. The number of ether oxygens (including phenoxy) is 1. The van der Waals surface area contributed by atoms with E-state index in [1.54, 1.807) is 4.90 Å². The largest absolute Gasteiger partial charge is 0.481 e. The minimum Gasteiger partial charge on any atom is -0.481 e. The first-order valence-corrected chi connectivity index (χ1v) is 8.26. The standard InChI is InChI=1S/C18H23NO4/c1-12-4-6-13(7-5-12)16-15(3-2-10-23-16)17(20)19-9-8-14(11-19)18(21)22/h4-7,14-16H,2-3,8-11H2,1H3,(H,21,22)/t14-,15-,16+/m1/s1. The minimum atomic E-state index is -0.810. The molecule has 1 N–H and O–H groups in total. The van der Waals surface area contributed by atoms with Crippen LogP contribution in [-0.2, 0) is 14.3 Å². The fraction of sp³-hybridized carbons (Fsp3) is 0.556. The molecular weight excluding hydrogens is 294 g/mol. The van der Waals surface area contributed by atoms with Crippen LogP contribution in [0.5, 0.6) is 0 Å². The van der Waals surface area contributed by atoms with Gasteiger partial charge >= 0.3 is 5.97 Å². The van der Waals surface area contributed by atoms with Crippen LogP contribution in [0.3, 0.4) is 0 Å². The van der Waals surface area contributed by atoms with Crippen molar-refractivity contribution in [3.63, 3.8) is 0 Å². The van der Waals surface area contributed by atoms with Crippen LogP contribution in [0.4, 0.5) is 0 Å². The molecule has 0 saturated carbocycles. The number of carboxylic acid groups (broad SMARTS) is 1. The predicted octanol–water partition coefficient (Wildman–Crippen LogP) is 2.40. The van der Waals surface area contributed by atoms with Crippen molar-refractivity contribution in [3.05, 3.63) is 35.4 Å². The van der Waals surface area contributed by atoms with Gasteiger partial charge in [0.1, 0.15) is 0 Å². The maximum atomic E-state index is 12.9. The van der Waals surface area contributed by atoms with E-state index < -0.39 is 11.9 Å². The molecular formula is C18H23NO4. The van der Waals surface area contributed by atoms with Gasteiger partial charge in [0.05, 0.1) is 17.9 Å². The first kappa shape index (κ1) is 16.0. The zero-order valence-electron chi connectivity index (χ0n) is 13.4. The summed E-state index contributed by atoms with van der Waals surface area (Å²) in [6.07, 6.45) is 1.99. The number of amides is 1. The molecule has 0 unspecified atom stereocenters. The Morgan fingerprint density at radius 1 is 1.22 bits per heavy atom. The molecule has 3 atom stereocenters. The zero-order valence-corrected chi connectivity index (χ0v) is 13.4. The molecule has 0 aliphatic carbocycles. The van der Waals surface area contributed by atoms with Crippen molar-refractivity contribution in [3.8, 4) is 0 Å². The summed E-state index contributed by atoms with van der Waals surface area (Å²) in [7, 11) is 0. The highest BCUT2D eigenvalue weighted by atomic mass is 16.5. The summed E-state index contributed by atoms with van der Waals surface area (Å²) in [6.45, 7) is 3.56. The lowest BCUT2D eigenvalue weighted by Gasteiger charge is -2.33. The van der Waals surface area contributed by atoms with Crippen LogP contribution < -0.4 is 0 Å². The second-order valence-electron chi connectivity index (χ2n) is 6.56. The van der Waals surface area contributed by atoms with Crippen LogP contribution in [-0.4, -0.2) is 41.6 Å². The number of aliphatic carboxylic acids is 1. The van der Waals surface area contributed by atoms with Gasteiger partial charge < -0.3 is 14.7 Å². The van der Waals surface area contributed by atoms with E-state index in [0.29, 0.717) is 26.1 Å². The van der Waals surface area contributed by atoms with E-state index in [1.165, 1.54) is 5.56 Å². The lowest BCUT2D eigenvalue weighted by molar-refractivity contribution is -0.145. The van der Waals surface area contributed by atoms with E-state index in [-0.39, 0.29) is 17.9 Å². The summed E-state index contributed by atoms with van der Waals surface area (Å²) in [5.74, 6) is -1.41. The third-order valence-electron chi connectivity index (χ3n) is 4.89. The summed E-state index contributed by atoms with van der Waals surface area (Å²) in [6, 6.07) is 8.11. The van der Waals surface area contributed by atoms with Gasteiger partial charge in [0.25, 0.3) is 0 Å². The van der Waals surface area contributed by atoms with E-state index in [4.69, 9.17) is 9.84 Å². The van der Waals surface area contributed by atoms with Crippen molar-refractivity contribution in [1.82, 2.24) is 4.90 Å². The van der Waals surface area contributed by atoms with Crippen LogP contribution in [0.15, 0.2) is 24.3 Å². The molecule has 1 aromatic carbocycles. The first-order valence-electron chi connectivity index (χ1n) is 8.26. The quantitative estimate of drug-likeness (QED) is 0.929. The van der Waals surface area contributed by atoms with Crippen molar-refractivity contribution in [2.45, 2.75) is 32.3 Å². The third-order valence-corrected chi connectivity index (χ3v) is 4.89. The van der Waals surface area contributed by atoms with Gasteiger partial charge in [0.2, 0.25) is 5.91 Å². The summed E-state index contributed by atoms with van der Waals surface area (Å²) in [4.78, 5) is 25.7. The van der Waals surface area contributed by atoms with Crippen molar-refractivity contribution in [2.75, 3.05) is 19.7 Å². The molecule has 124 valence electrons. The fourth-order valence-electron chi connectivity index (χ4n) is 3.52. The summed E-state index contributed by atoms with van der Waals surface area (Å²) < 4.78 is 5.91. The Labute approximate surface area is 136 Å². The summed E-state index contributed by atoms with van der Waals surface area (Å²) in [5, 5.41) is 9.12. The minimum absolute atomic E-state index is 0.0408. The van der Waals surface area contributed by atoms with Gasteiger partial charge in [-0.15, -0.1) is 0 Å². The highest BCUT2D eigenvalue weighted by molar-refractivity contribution is 5.81. The summed E-state index contributed by atoms with van der Waals surface area (Å²) >= 11 is 0. The molecule has 1 aromatic rings. The average Bonchev–Trinajstić information content (AvgIpc) is 3.05. The van der Waals surface area contributed by atoms with Gasteiger partial charge in [-0.25, -0.2) is 0 Å². The number of likely N-dealkylation sites (tertiary alicyclic amines) is 1. The molecule has 0 radical (unpaired) electrons. The predicted molar refractivity (Wildman–Crippen MR) is 84.9 cm³/mol. The maximum absolute atomic E-state index is 12.9. The molecule has 1 amide bonds. The van der Waals surface area contributed by atoms with E-state index >= 15 is 0 Å². The second kappa shape index (κ2) is 6.71. The lowest BCUT2D eigenvalue weighted by atomic mass is 9.88. The molecule has 2 saturated heterocycles. The number of carboxylic acids is 1. The molecule has 3 rings (SSSR count). The van der Waals surface area contributed by atoms with Gasteiger partial charge in [-0.2, -0.15) is 0 Å². The van der Waals surface area contributed by atoms with Crippen molar-refractivity contribution < 1.29 is 19.4 Å². The Balaban J connectivity index is 1.75. The van der Waals surface area contributed by atoms with Crippen LogP contribution in [0.2, 0.25) is 0 Å². The molecule has 2 heterocycles. The SMILES string of the molecule is Cc1ccc([C@@H]2OCCC[C@H]2C(=O)N2CC[C@@H](C(=O)O)C2)cc1. The molecule has 2 aliphatic rings. The van der Waals surface area contributed by atoms with E-state index in [0.717, 1.165) is 18.4 Å². The number of hydrogen-bond acceptors (Lipinski definition) is 3. The van der Waals surface area contributed by atoms with Crippen molar-refractivity contribution >= 4 is 11.9 Å². The average molecular weight is 317 g/mol. The van der Waals surface area contributed by atoms with E-state index in [2.05, 4.69) is 0 Å². The number of rotatable bonds is 3. The fourth-order valence-corrected chi connectivity index (χ4v) is 3.52. The Morgan fingerprint density at radius 3 is 2.61 bits per heavy atom. The van der Waals surface area contributed by atoms with Gasteiger partial charge in [0, 0.05) is 19.7 Å². The number of hydrogen-bond donors (Lipinski definition) is 1. The molecule has 5 heteroatoms. The molecule has 5 nitrogen and oxygen atoms in total. The first-order chi connectivity index (χ1) is 11.1. The van der Waals surface area contributed by atoms with Gasteiger partial charge in [-0.05, 0) is 31.7 Å². The van der Waals surface area contributed by atoms with Crippen LogP contribution in [0.25, 0.3) is 0 Å². The molecule has 0 bridgehead atoms. The molecule has 0 aromatic heterocycles. The van der Waals surface area contributed by atoms with Crippen LogP contribution in [0.1, 0.15) is 36.5 Å². The highest BCUT2D eigenvalue weighted by Gasteiger charge is 2.39. The monoisotopic (exact) mass is 317 g/mol. The second-order valence-corrected chi connectivity index (χ2v) is 6.56. The number of carbonyl (C=O) groups excluding carboxylic acids is 1. The maximum Gasteiger partial charge on any atom is 0.308 e. The molecule has 2 aliphatic heterocycles. The number of benzene rings is 1. The van der Waals surface area contributed by atoms with E-state index in [1.807, 2.05) is 31.2 Å². The number of nitrogens with zero attached hydrogens (tertiary/aromatic N) is 1. The highest BCUT2D eigenvalue weighted by Crippen LogP contribution is 2.36. The van der Waals surface area contributed by atoms with Gasteiger partial charge in [-0.3, -0.25) is 9.59 Å². The smallest absolute Gasteiger partial charge is 0.308 e. The van der Waals surface area contributed by atoms with Crippen LogP contribution >= 0.6 is 0 Å². The Bertz CT molecular complexity index is 583. The van der Waals surface area contributed by atoms with Crippen molar-refractivity contribution in [1.29, 1.82) is 0 Å². The topological polar surface area (TPSA) is 66.8 Å². The molecule has 23 heavy (non-hydrogen) atoms. The normalized spacial score (nSPS) is 27.9. The van der Waals surface area contributed by atoms with Gasteiger partial charge in [-0.1, -0.05) is 29.8 Å². The van der Waals surface area contributed by atoms with Crippen molar-refractivity contribution in [2.24, 2.45) is 11.8 Å². The summed E-state index contributed by atoms with van der Waals surface area (Å²) in [5.41, 5.74) is 2.21. The van der Waals surface area contributed by atoms with Gasteiger partial charge in [0.15, 0.2) is 0 Å².